The van der Waals surface area contributed by atoms with Gasteiger partial charge in [0.05, 0.1) is 12.5 Å². The predicted octanol–water partition coefficient (Wildman–Crippen LogP) is 0.902. The first-order chi connectivity index (χ1) is 8.50. The predicted molar refractivity (Wildman–Crippen MR) is 64.6 cm³/mol. The molecule has 0 aliphatic heterocycles. The monoisotopic (exact) mass is 247 g/mol. The number of benzene rings is 1. The van der Waals surface area contributed by atoms with Gasteiger partial charge < -0.3 is 15.9 Å². The lowest BCUT2D eigenvalue weighted by molar-refractivity contribution is -0.131. The molecule has 1 aliphatic carbocycles. The quantitative estimate of drug-likeness (QED) is 0.532. The number of nitrogen functional groups attached to an aromatic ring is 1. The molecule has 5 nitrogen and oxygen atoms in total. The number of nitrogens with two attached hydrogens (primary N) is 1. The summed E-state index contributed by atoms with van der Waals surface area (Å²) in [5, 5.41) is 19.8. The van der Waals surface area contributed by atoms with Crippen molar-refractivity contribution in [3.05, 3.63) is 41.7 Å². The van der Waals surface area contributed by atoms with Crippen molar-refractivity contribution in [3.8, 4) is 0 Å². The van der Waals surface area contributed by atoms with Gasteiger partial charge in [-0.25, -0.2) is 0 Å². The van der Waals surface area contributed by atoms with E-state index in [1.54, 1.807) is 24.3 Å². The molecule has 1 aromatic carbocycles. The number of aliphatic hydroxyl groups excluding tert-OH is 2. The summed E-state index contributed by atoms with van der Waals surface area (Å²) in [6.45, 7) is 0. The lowest BCUT2D eigenvalue weighted by Crippen LogP contribution is -2.30. The van der Waals surface area contributed by atoms with Gasteiger partial charge in [0.15, 0.2) is 11.6 Å². The number of hydrogen-bond donors (Lipinski definition) is 3. The highest BCUT2D eigenvalue weighted by molar-refractivity contribution is 6.09. The second kappa shape index (κ2) is 4.62. The summed E-state index contributed by atoms with van der Waals surface area (Å²) in [7, 11) is 0. The van der Waals surface area contributed by atoms with Crippen LogP contribution in [-0.2, 0) is 9.59 Å². The van der Waals surface area contributed by atoms with E-state index >= 15 is 0 Å². The Morgan fingerprint density at radius 2 is 1.94 bits per heavy atom. The number of carbonyl (C=O) groups is 2. The van der Waals surface area contributed by atoms with Crippen LogP contribution in [0.4, 0.5) is 5.69 Å². The maximum atomic E-state index is 11.7. The van der Waals surface area contributed by atoms with Gasteiger partial charge in [-0.05, 0) is 6.07 Å². The van der Waals surface area contributed by atoms with Gasteiger partial charge in [0.2, 0.25) is 0 Å². The minimum Gasteiger partial charge on any atom is -0.511 e. The molecule has 2 rings (SSSR count). The van der Waals surface area contributed by atoms with Crippen molar-refractivity contribution in [2.24, 2.45) is 5.92 Å². The Morgan fingerprint density at radius 3 is 2.56 bits per heavy atom. The van der Waals surface area contributed by atoms with E-state index in [4.69, 9.17) is 5.73 Å². The molecular weight excluding hydrogens is 234 g/mol. The van der Waals surface area contributed by atoms with Crippen LogP contribution in [0.25, 0.3) is 0 Å². The first-order valence-electron chi connectivity index (χ1n) is 5.49. The molecule has 2 atom stereocenters. The zero-order valence-corrected chi connectivity index (χ0v) is 9.54. The van der Waals surface area contributed by atoms with E-state index < -0.39 is 29.3 Å². The van der Waals surface area contributed by atoms with Crippen molar-refractivity contribution in [1.82, 2.24) is 0 Å². The first-order valence-corrected chi connectivity index (χ1v) is 5.49. The minimum absolute atomic E-state index is 0.307. The van der Waals surface area contributed by atoms with Crippen molar-refractivity contribution in [2.45, 2.75) is 12.5 Å². The van der Waals surface area contributed by atoms with Crippen LogP contribution in [0.2, 0.25) is 0 Å². The van der Waals surface area contributed by atoms with E-state index in [2.05, 4.69) is 0 Å². The van der Waals surface area contributed by atoms with Gasteiger partial charge in [0.1, 0.15) is 11.7 Å². The number of ketones is 2. The lowest BCUT2D eigenvalue weighted by atomic mass is 9.84. The average Bonchev–Trinajstić information content (AvgIpc) is 2.27. The summed E-state index contributed by atoms with van der Waals surface area (Å²) in [6, 6.07) is 6.55. The molecule has 0 radical (unpaired) electrons. The van der Waals surface area contributed by atoms with Crippen LogP contribution in [0.5, 0.6) is 0 Å². The molecular formula is C13H13NO4. The Morgan fingerprint density at radius 1 is 1.28 bits per heavy atom. The van der Waals surface area contributed by atoms with E-state index in [0.717, 1.165) is 6.08 Å². The van der Waals surface area contributed by atoms with Gasteiger partial charge in [-0.15, -0.1) is 0 Å². The Labute approximate surface area is 104 Å². The summed E-state index contributed by atoms with van der Waals surface area (Å²) in [4.78, 5) is 22.8. The van der Waals surface area contributed by atoms with Gasteiger partial charge in [-0.3, -0.25) is 9.59 Å². The third-order valence-corrected chi connectivity index (χ3v) is 2.95. The van der Waals surface area contributed by atoms with E-state index in [9.17, 15) is 19.8 Å². The number of carbonyl (C=O) groups excluding carboxylic acids is 2. The number of allylic oxidation sites excluding steroid dienone is 1. The summed E-state index contributed by atoms with van der Waals surface area (Å²) >= 11 is 0. The van der Waals surface area contributed by atoms with Gasteiger partial charge in [0.25, 0.3) is 0 Å². The molecule has 0 amide bonds. The number of anilines is 1. The Bertz CT molecular complexity index is 536. The number of Topliss-reactive ketones (excluding diaryl/α,β-unsaturated/α-hetero) is 1. The summed E-state index contributed by atoms with van der Waals surface area (Å²) in [6.07, 6.45) is -0.574. The molecule has 0 fully saturated rings. The zero-order chi connectivity index (χ0) is 13.3. The van der Waals surface area contributed by atoms with E-state index in [-0.39, 0.29) is 6.42 Å². The summed E-state index contributed by atoms with van der Waals surface area (Å²) in [5.41, 5.74) is 6.41. The third kappa shape index (κ3) is 2.12. The van der Waals surface area contributed by atoms with Gasteiger partial charge >= 0.3 is 0 Å². The van der Waals surface area contributed by atoms with Crippen molar-refractivity contribution in [3.63, 3.8) is 0 Å². The first kappa shape index (κ1) is 12.3. The SMILES string of the molecule is Nc1ccccc1C(O)C1C(=O)CC(=O)C=C1O. The van der Waals surface area contributed by atoms with E-state index in [1.165, 1.54) is 0 Å². The van der Waals surface area contributed by atoms with Crippen LogP contribution >= 0.6 is 0 Å². The van der Waals surface area contributed by atoms with E-state index in [0.29, 0.717) is 11.3 Å². The molecule has 4 N–H and O–H groups in total. The van der Waals surface area contributed by atoms with Gasteiger partial charge in [-0.1, -0.05) is 18.2 Å². The number of para-hydroxylation sites is 1. The summed E-state index contributed by atoms with van der Waals surface area (Å²) < 4.78 is 0. The lowest BCUT2D eigenvalue weighted by Gasteiger charge is -2.24. The molecule has 94 valence electrons. The molecule has 0 aromatic heterocycles. The second-order valence-electron chi connectivity index (χ2n) is 4.23. The fourth-order valence-corrected chi connectivity index (χ4v) is 2.05. The maximum absolute atomic E-state index is 11.7. The highest BCUT2D eigenvalue weighted by atomic mass is 16.3. The van der Waals surface area contributed by atoms with Crippen molar-refractivity contribution in [1.29, 1.82) is 0 Å². The largest absolute Gasteiger partial charge is 0.511 e. The van der Waals surface area contributed by atoms with Crippen LogP contribution in [0, 0.1) is 5.92 Å². The third-order valence-electron chi connectivity index (χ3n) is 2.95. The smallest absolute Gasteiger partial charge is 0.166 e. The normalized spacial score (nSPS) is 21.6. The topological polar surface area (TPSA) is 101 Å². The molecule has 0 saturated carbocycles. The molecule has 18 heavy (non-hydrogen) atoms. The molecule has 0 bridgehead atoms. The van der Waals surface area contributed by atoms with Crippen LogP contribution in [0.3, 0.4) is 0 Å². The van der Waals surface area contributed by atoms with Crippen molar-refractivity contribution < 1.29 is 19.8 Å². The number of rotatable bonds is 2. The van der Waals surface area contributed by atoms with E-state index in [1.807, 2.05) is 0 Å². The number of aliphatic hydroxyl groups is 2. The van der Waals surface area contributed by atoms with Crippen LogP contribution < -0.4 is 5.73 Å². The zero-order valence-electron chi connectivity index (χ0n) is 9.54. The molecule has 0 heterocycles. The minimum atomic E-state index is -1.25. The van der Waals surface area contributed by atoms with Crippen molar-refractivity contribution >= 4 is 17.3 Å². The maximum Gasteiger partial charge on any atom is 0.166 e. The fraction of sp³-hybridized carbons (Fsp3) is 0.231. The molecule has 0 spiro atoms. The van der Waals surface area contributed by atoms with Gasteiger partial charge in [0, 0.05) is 17.3 Å². The highest BCUT2D eigenvalue weighted by Crippen LogP contribution is 2.33. The molecule has 5 heteroatoms. The van der Waals surface area contributed by atoms with Crippen molar-refractivity contribution in [2.75, 3.05) is 5.73 Å². The Balaban J connectivity index is 2.37. The highest BCUT2D eigenvalue weighted by Gasteiger charge is 2.36. The Hall–Kier alpha value is -2.14. The summed E-state index contributed by atoms with van der Waals surface area (Å²) in [5.74, 6) is -2.49. The fourth-order valence-electron chi connectivity index (χ4n) is 2.05. The second-order valence-corrected chi connectivity index (χ2v) is 4.23. The molecule has 1 aliphatic rings. The standard InChI is InChI=1S/C13H13NO4/c14-9-4-2-1-3-8(9)13(18)12-10(16)5-7(15)6-11(12)17/h1-5,12-13,16,18H,6,14H2. The number of hydrogen-bond acceptors (Lipinski definition) is 5. The molecule has 0 saturated heterocycles. The van der Waals surface area contributed by atoms with Crippen LogP contribution in [0.1, 0.15) is 18.1 Å². The Kier molecular flexibility index (Phi) is 3.16. The van der Waals surface area contributed by atoms with Crippen LogP contribution in [-0.4, -0.2) is 21.8 Å². The molecule has 2 unspecified atom stereocenters. The average molecular weight is 247 g/mol. The van der Waals surface area contributed by atoms with Crippen LogP contribution in [0.15, 0.2) is 36.1 Å². The molecule has 1 aromatic rings. The van der Waals surface area contributed by atoms with Gasteiger partial charge in [-0.2, -0.15) is 0 Å².